The zero-order valence-corrected chi connectivity index (χ0v) is 10.8. The smallest absolute Gasteiger partial charge is 0.344 e. The molecule has 0 aliphatic carbocycles. The van der Waals surface area contributed by atoms with Crippen LogP contribution >= 0.6 is 0 Å². The number of esters is 1. The summed E-state index contributed by atoms with van der Waals surface area (Å²) in [6, 6.07) is 1.38. The number of ether oxygens (including phenoxy) is 2. The molecule has 18 heavy (non-hydrogen) atoms. The highest BCUT2D eigenvalue weighted by Crippen LogP contribution is 2.44. The molecule has 2 atom stereocenters. The lowest BCUT2D eigenvalue weighted by molar-refractivity contribution is -0.170. The van der Waals surface area contributed by atoms with Gasteiger partial charge in [-0.2, -0.15) is 0 Å². The maximum absolute atomic E-state index is 11.8. The molecular formula is C13H16O5. The lowest BCUT2D eigenvalue weighted by atomic mass is 9.83. The van der Waals surface area contributed by atoms with Crippen LogP contribution in [0.15, 0.2) is 6.07 Å². The van der Waals surface area contributed by atoms with E-state index in [0.717, 1.165) is 5.56 Å². The average Bonchev–Trinajstić information content (AvgIpc) is 2.27. The number of aromatic hydroxyl groups is 1. The molecule has 1 aromatic rings. The first-order chi connectivity index (χ1) is 8.29. The van der Waals surface area contributed by atoms with E-state index in [1.807, 2.05) is 0 Å². The summed E-state index contributed by atoms with van der Waals surface area (Å²) in [4.78, 5) is 11.8. The van der Waals surface area contributed by atoms with Gasteiger partial charge >= 0.3 is 5.97 Å². The van der Waals surface area contributed by atoms with Crippen LogP contribution in [0.4, 0.5) is 0 Å². The second-order valence-corrected chi connectivity index (χ2v) is 4.68. The average molecular weight is 252 g/mol. The number of benzene rings is 1. The van der Waals surface area contributed by atoms with Crippen molar-refractivity contribution < 1.29 is 24.5 Å². The molecule has 1 heterocycles. The zero-order chi connectivity index (χ0) is 13.7. The van der Waals surface area contributed by atoms with Gasteiger partial charge in [0, 0.05) is 18.9 Å². The Morgan fingerprint density at radius 1 is 1.50 bits per heavy atom. The fraction of sp³-hybridized carbons (Fsp3) is 0.462. The number of aliphatic hydroxyl groups is 1. The molecule has 0 bridgehead atoms. The number of rotatable bonds is 1. The number of methoxy groups -OCH3 is 1. The van der Waals surface area contributed by atoms with E-state index in [4.69, 9.17) is 9.47 Å². The van der Waals surface area contributed by atoms with Crippen molar-refractivity contribution in [3.05, 3.63) is 22.8 Å². The van der Waals surface area contributed by atoms with Gasteiger partial charge in [0.05, 0.1) is 7.11 Å². The van der Waals surface area contributed by atoms with Crippen LogP contribution in [-0.4, -0.2) is 29.1 Å². The molecule has 0 spiro atoms. The fourth-order valence-corrected chi connectivity index (χ4v) is 2.33. The van der Waals surface area contributed by atoms with E-state index < -0.39 is 17.7 Å². The summed E-state index contributed by atoms with van der Waals surface area (Å²) < 4.78 is 10.1. The minimum Gasteiger partial charge on any atom is -0.507 e. The first-order valence-corrected chi connectivity index (χ1v) is 5.65. The van der Waals surface area contributed by atoms with E-state index in [2.05, 4.69) is 0 Å². The van der Waals surface area contributed by atoms with Gasteiger partial charge in [0.1, 0.15) is 17.1 Å². The topological polar surface area (TPSA) is 76.0 Å². The maximum Gasteiger partial charge on any atom is 0.344 e. The van der Waals surface area contributed by atoms with Crippen LogP contribution in [0.2, 0.25) is 0 Å². The van der Waals surface area contributed by atoms with E-state index >= 15 is 0 Å². The van der Waals surface area contributed by atoms with Crippen LogP contribution in [0.25, 0.3) is 0 Å². The molecular weight excluding hydrogens is 236 g/mol. The normalized spacial score (nSPS) is 26.5. The number of phenols is 1. The Kier molecular flexibility index (Phi) is 2.74. The van der Waals surface area contributed by atoms with Crippen molar-refractivity contribution in [1.82, 2.24) is 0 Å². The maximum atomic E-state index is 11.8. The summed E-state index contributed by atoms with van der Waals surface area (Å²) >= 11 is 0. The first-order valence-electron chi connectivity index (χ1n) is 5.65. The number of carbonyl (C=O) groups excluding carboxylic acids is 1. The van der Waals surface area contributed by atoms with Crippen molar-refractivity contribution in [2.24, 2.45) is 0 Å². The lowest BCUT2D eigenvalue weighted by Gasteiger charge is -2.36. The third-order valence-corrected chi connectivity index (χ3v) is 3.53. The lowest BCUT2D eigenvalue weighted by Crippen LogP contribution is -2.42. The second kappa shape index (κ2) is 3.88. The number of cyclic esters (lactones) is 1. The SMILES string of the molecule is COc1cc(O)c2c(c1C)C(C)C(C)(O)OC2=O. The van der Waals surface area contributed by atoms with Gasteiger partial charge in [0.25, 0.3) is 0 Å². The number of hydrogen-bond donors (Lipinski definition) is 2. The van der Waals surface area contributed by atoms with E-state index in [0.29, 0.717) is 11.3 Å². The molecule has 0 saturated carbocycles. The summed E-state index contributed by atoms with van der Waals surface area (Å²) in [6.07, 6.45) is 0. The Balaban J connectivity index is 2.77. The van der Waals surface area contributed by atoms with E-state index in [9.17, 15) is 15.0 Å². The van der Waals surface area contributed by atoms with Gasteiger partial charge < -0.3 is 19.7 Å². The van der Waals surface area contributed by atoms with Crippen LogP contribution in [0.5, 0.6) is 11.5 Å². The molecule has 0 saturated heterocycles. The van der Waals surface area contributed by atoms with Crippen LogP contribution in [0, 0.1) is 6.92 Å². The second-order valence-electron chi connectivity index (χ2n) is 4.68. The van der Waals surface area contributed by atoms with E-state index in [1.165, 1.54) is 20.1 Å². The van der Waals surface area contributed by atoms with Crippen molar-refractivity contribution >= 4 is 5.97 Å². The molecule has 0 amide bonds. The quantitative estimate of drug-likeness (QED) is 0.744. The van der Waals surface area contributed by atoms with Gasteiger partial charge in [-0.05, 0) is 18.1 Å². The van der Waals surface area contributed by atoms with Crippen LogP contribution in [-0.2, 0) is 4.74 Å². The van der Waals surface area contributed by atoms with E-state index in [1.54, 1.807) is 13.8 Å². The molecule has 2 unspecified atom stereocenters. The predicted molar refractivity (Wildman–Crippen MR) is 63.9 cm³/mol. The monoisotopic (exact) mass is 252 g/mol. The molecule has 0 radical (unpaired) electrons. The van der Waals surface area contributed by atoms with Crippen molar-refractivity contribution in [2.75, 3.05) is 7.11 Å². The van der Waals surface area contributed by atoms with Gasteiger partial charge in [-0.25, -0.2) is 4.79 Å². The molecule has 5 heteroatoms. The van der Waals surface area contributed by atoms with Crippen molar-refractivity contribution in [2.45, 2.75) is 32.5 Å². The van der Waals surface area contributed by atoms with Gasteiger partial charge in [-0.15, -0.1) is 0 Å². The molecule has 1 aromatic carbocycles. The molecule has 2 N–H and O–H groups in total. The summed E-state index contributed by atoms with van der Waals surface area (Å²) in [5, 5.41) is 20.0. The van der Waals surface area contributed by atoms with Crippen LogP contribution in [0.3, 0.4) is 0 Å². The third kappa shape index (κ3) is 1.62. The van der Waals surface area contributed by atoms with Gasteiger partial charge in [-0.1, -0.05) is 6.92 Å². The minimum atomic E-state index is -1.59. The highest BCUT2D eigenvalue weighted by Gasteiger charge is 2.44. The fourth-order valence-electron chi connectivity index (χ4n) is 2.33. The van der Waals surface area contributed by atoms with Crippen molar-refractivity contribution in [3.8, 4) is 11.5 Å². The highest BCUT2D eigenvalue weighted by molar-refractivity contribution is 5.96. The molecule has 98 valence electrons. The molecule has 1 aliphatic heterocycles. The van der Waals surface area contributed by atoms with E-state index in [-0.39, 0.29) is 11.3 Å². The van der Waals surface area contributed by atoms with Crippen molar-refractivity contribution in [1.29, 1.82) is 0 Å². The number of phenolic OH excluding ortho intramolecular Hbond substituents is 1. The number of fused-ring (bicyclic) bond motifs is 1. The third-order valence-electron chi connectivity index (χ3n) is 3.53. The standard InChI is InChI=1S/C13H16O5/c1-6-9(17-4)5-8(14)11-10(6)7(2)13(3,16)18-12(11)15/h5,7,14,16H,1-4H3. The molecule has 5 nitrogen and oxygen atoms in total. The summed E-state index contributed by atoms with van der Waals surface area (Å²) in [7, 11) is 1.48. The molecule has 1 aliphatic rings. The Morgan fingerprint density at radius 3 is 2.67 bits per heavy atom. The molecule has 0 fully saturated rings. The van der Waals surface area contributed by atoms with Gasteiger partial charge in [-0.3, -0.25) is 0 Å². The number of carbonyl (C=O) groups is 1. The van der Waals surface area contributed by atoms with Gasteiger partial charge in [0.15, 0.2) is 0 Å². The van der Waals surface area contributed by atoms with Gasteiger partial charge in [0.2, 0.25) is 5.79 Å². The summed E-state index contributed by atoms with van der Waals surface area (Å²) in [5.41, 5.74) is 1.38. The zero-order valence-electron chi connectivity index (χ0n) is 10.8. The summed E-state index contributed by atoms with van der Waals surface area (Å²) in [5.74, 6) is -2.49. The molecule has 2 rings (SSSR count). The molecule has 0 aromatic heterocycles. The van der Waals surface area contributed by atoms with Crippen LogP contribution in [0.1, 0.15) is 41.3 Å². The Labute approximate surface area is 105 Å². The Morgan fingerprint density at radius 2 is 2.11 bits per heavy atom. The Hall–Kier alpha value is -1.75. The number of hydrogen-bond acceptors (Lipinski definition) is 5. The van der Waals surface area contributed by atoms with Crippen LogP contribution < -0.4 is 4.74 Å². The largest absolute Gasteiger partial charge is 0.507 e. The highest BCUT2D eigenvalue weighted by atomic mass is 16.7. The minimum absolute atomic E-state index is 0.104. The Bertz CT molecular complexity index is 519. The van der Waals surface area contributed by atoms with Crippen molar-refractivity contribution in [3.63, 3.8) is 0 Å². The predicted octanol–water partition coefficient (Wildman–Crippen LogP) is 1.69. The first kappa shape index (κ1) is 12.7. The summed E-state index contributed by atoms with van der Waals surface area (Å²) in [6.45, 7) is 4.94.